The molecule has 0 saturated carbocycles. The molecule has 0 aliphatic heterocycles. The molecule has 0 aromatic heterocycles. The van der Waals surface area contributed by atoms with E-state index in [0.29, 0.717) is 13.0 Å². The highest BCUT2D eigenvalue weighted by Crippen LogP contribution is 2.12. The van der Waals surface area contributed by atoms with E-state index in [9.17, 15) is 13.6 Å². The molecule has 1 N–H and O–H groups in total. The number of carbonyl (C=O) groups excluding carboxylic acids is 1. The van der Waals surface area contributed by atoms with E-state index in [0.717, 1.165) is 18.2 Å². The van der Waals surface area contributed by atoms with Crippen LogP contribution in [0.5, 0.6) is 0 Å². The van der Waals surface area contributed by atoms with Gasteiger partial charge in [-0.25, -0.2) is 8.78 Å². The lowest BCUT2D eigenvalue weighted by molar-refractivity contribution is 0.0892. The molecule has 0 aliphatic rings. The summed E-state index contributed by atoms with van der Waals surface area (Å²) in [6.45, 7) is 4.40. The van der Waals surface area contributed by atoms with Crippen molar-refractivity contribution in [1.29, 1.82) is 0 Å². The Morgan fingerprint density at radius 1 is 1.37 bits per heavy atom. The second-order valence-corrected chi connectivity index (χ2v) is 4.69. The zero-order chi connectivity index (χ0) is 14.4. The Labute approximate surface area is 111 Å². The predicted molar refractivity (Wildman–Crippen MR) is 69.1 cm³/mol. The normalized spacial score (nSPS) is 11.3. The first-order chi connectivity index (χ1) is 8.95. The zero-order valence-corrected chi connectivity index (χ0v) is 11.2. The lowest BCUT2D eigenvalue weighted by Gasteiger charge is -2.25. The molecule has 5 heteroatoms. The number of halogens is 2. The molecule has 0 amide bonds. The maximum absolute atomic E-state index is 13.5. The summed E-state index contributed by atoms with van der Waals surface area (Å²) in [4.78, 5) is 13.8. The average molecular weight is 271 g/mol. The summed E-state index contributed by atoms with van der Waals surface area (Å²) >= 11 is 0. The van der Waals surface area contributed by atoms with E-state index >= 15 is 0 Å². The van der Waals surface area contributed by atoms with Crippen molar-refractivity contribution < 1.29 is 18.7 Å². The summed E-state index contributed by atoms with van der Waals surface area (Å²) in [5, 5.41) is 8.81. The van der Waals surface area contributed by atoms with Crippen molar-refractivity contribution in [3.05, 3.63) is 35.4 Å². The SMILES string of the molecule is CC(C)N(CCCO)CC(=O)c1cc(F)ccc1F. The molecule has 1 aromatic carbocycles. The molecule has 3 nitrogen and oxygen atoms in total. The van der Waals surface area contributed by atoms with E-state index in [1.165, 1.54) is 0 Å². The summed E-state index contributed by atoms with van der Waals surface area (Å²) in [6.07, 6.45) is 0.539. The fourth-order valence-corrected chi connectivity index (χ4v) is 1.77. The number of nitrogens with zero attached hydrogens (tertiary/aromatic N) is 1. The van der Waals surface area contributed by atoms with Crippen LogP contribution in [0, 0.1) is 11.6 Å². The molecule has 0 fully saturated rings. The number of carbonyl (C=O) groups is 1. The molecule has 0 bridgehead atoms. The lowest BCUT2D eigenvalue weighted by atomic mass is 10.1. The first kappa shape index (κ1) is 15.7. The minimum Gasteiger partial charge on any atom is -0.396 e. The Hall–Kier alpha value is -1.33. The van der Waals surface area contributed by atoms with Gasteiger partial charge < -0.3 is 5.11 Å². The molecule has 1 aromatic rings. The molecule has 0 aliphatic carbocycles. The lowest BCUT2D eigenvalue weighted by Crippen LogP contribution is -2.37. The van der Waals surface area contributed by atoms with Crippen LogP contribution in [0.15, 0.2) is 18.2 Å². The number of rotatable bonds is 7. The van der Waals surface area contributed by atoms with Crippen LogP contribution >= 0.6 is 0 Å². The van der Waals surface area contributed by atoms with Gasteiger partial charge >= 0.3 is 0 Å². The highest BCUT2D eigenvalue weighted by molar-refractivity contribution is 5.97. The first-order valence-electron chi connectivity index (χ1n) is 6.29. The number of Topliss-reactive ketones (excluding diaryl/α,β-unsaturated/α-hetero) is 1. The van der Waals surface area contributed by atoms with Gasteiger partial charge in [0.1, 0.15) is 11.6 Å². The van der Waals surface area contributed by atoms with Crippen molar-refractivity contribution in [2.24, 2.45) is 0 Å². The van der Waals surface area contributed by atoms with Gasteiger partial charge in [-0.15, -0.1) is 0 Å². The maximum Gasteiger partial charge on any atom is 0.179 e. The fourth-order valence-electron chi connectivity index (χ4n) is 1.77. The van der Waals surface area contributed by atoms with E-state index < -0.39 is 17.4 Å². The Balaban J connectivity index is 2.78. The molecule has 106 valence electrons. The number of benzene rings is 1. The fraction of sp³-hybridized carbons (Fsp3) is 0.500. The molecular weight excluding hydrogens is 252 g/mol. The van der Waals surface area contributed by atoms with Gasteiger partial charge in [0.25, 0.3) is 0 Å². The summed E-state index contributed by atoms with van der Waals surface area (Å²) in [5.74, 6) is -1.79. The minimum atomic E-state index is -0.711. The number of ketones is 1. The molecular formula is C14H19F2NO2. The van der Waals surface area contributed by atoms with Crippen LogP contribution in [0.2, 0.25) is 0 Å². The number of hydrogen-bond donors (Lipinski definition) is 1. The topological polar surface area (TPSA) is 40.5 Å². The maximum atomic E-state index is 13.5. The van der Waals surface area contributed by atoms with Gasteiger partial charge in [-0.2, -0.15) is 0 Å². The van der Waals surface area contributed by atoms with Crippen molar-refractivity contribution in [2.45, 2.75) is 26.3 Å². The van der Waals surface area contributed by atoms with Crippen molar-refractivity contribution in [3.63, 3.8) is 0 Å². The van der Waals surface area contributed by atoms with Crippen LogP contribution in [-0.4, -0.2) is 41.5 Å². The quantitative estimate of drug-likeness (QED) is 0.773. The van der Waals surface area contributed by atoms with Gasteiger partial charge in [-0.1, -0.05) is 0 Å². The summed E-state index contributed by atoms with van der Waals surface area (Å²) in [6, 6.07) is 2.95. The van der Waals surface area contributed by atoms with E-state index in [2.05, 4.69) is 0 Å². The van der Waals surface area contributed by atoms with Gasteiger partial charge in [0, 0.05) is 19.2 Å². The molecule has 0 saturated heterocycles. The van der Waals surface area contributed by atoms with Gasteiger partial charge in [-0.05, 0) is 38.5 Å². The number of aliphatic hydroxyl groups excluding tert-OH is 1. The second kappa shape index (κ2) is 7.31. The van der Waals surface area contributed by atoms with Crippen molar-refractivity contribution in [3.8, 4) is 0 Å². The predicted octanol–water partition coefficient (Wildman–Crippen LogP) is 2.24. The first-order valence-corrected chi connectivity index (χ1v) is 6.29. The summed E-state index contributed by atoms with van der Waals surface area (Å²) in [5.41, 5.74) is -0.227. The number of hydrogen-bond acceptors (Lipinski definition) is 3. The van der Waals surface area contributed by atoms with E-state index in [4.69, 9.17) is 5.11 Å². The van der Waals surface area contributed by atoms with E-state index in [-0.39, 0.29) is 24.8 Å². The van der Waals surface area contributed by atoms with Crippen LogP contribution in [0.4, 0.5) is 8.78 Å². The van der Waals surface area contributed by atoms with E-state index in [1.807, 2.05) is 18.7 Å². The molecule has 0 unspecified atom stereocenters. The van der Waals surface area contributed by atoms with Gasteiger partial charge in [0.2, 0.25) is 0 Å². The van der Waals surface area contributed by atoms with Gasteiger partial charge in [0.05, 0.1) is 12.1 Å². The zero-order valence-electron chi connectivity index (χ0n) is 11.2. The largest absolute Gasteiger partial charge is 0.396 e. The Bertz CT molecular complexity index is 435. The third-order valence-electron chi connectivity index (χ3n) is 2.91. The Kier molecular flexibility index (Phi) is 6.05. The molecule has 0 spiro atoms. The summed E-state index contributed by atoms with van der Waals surface area (Å²) < 4.78 is 26.5. The van der Waals surface area contributed by atoms with Crippen LogP contribution < -0.4 is 0 Å². The van der Waals surface area contributed by atoms with Crippen LogP contribution in [0.1, 0.15) is 30.6 Å². The molecule has 0 atom stereocenters. The highest BCUT2D eigenvalue weighted by Gasteiger charge is 2.18. The van der Waals surface area contributed by atoms with E-state index in [1.54, 1.807) is 0 Å². The van der Waals surface area contributed by atoms with Crippen molar-refractivity contribution in [1.82, 2.24) is 4.90 Å². The van der Waals surface area contributed by atoms with Crippen LogP contribution in [-0.2, 0) is 0 Å². The molecule has 0 radical (unpaired) electrons. The van der Waals surface area contributed by atoms with Crippen LogP contribution in [0.3, 0.4) is 0 Å². The van der Waals surface area contributed by atoms with Crippen LogP contribution in [0.25, 0.3) is 0 Å². The van der Waals surface area contributed by atoms with Crippen molar-refractivity contribution >= 4 is 5.78 Å². The third kappa shape index (κ3) is 4.69. The van der Waals surface area contributed by atoms with Gasteiger partial charge in [0.15, 0.2) is 5.78 Å². The average Bonchev–Trinajstić information content (AvgIpc) is 2.36. The molecule has 0 heterocycles. The Morgan fingerprint density at radius 2 is 2.05 bits per heavy atom. The second-order valence-electron chi connectivity index (χ2n) is 4.69. The number of aliphatic hydroxyl groups is 1. The monoisotopic (exact) mass is 271 g/mol. The molecule has 1 rings (SSSR count). The summed E-state index contributed by atoms with van der Waals surface area (Å²) in [7, 11) is 0. The highest BCUT2D eigenvalue weighted by atomic mass is 19.1. The Morgan fingerprint density at radius 3 is 2.63 bits per heavy atom. The smallest absolute Gasteiger partial charge is 0.179 e. The standard InChI is InChI=1S/C14H19F2NO2/c1-10(2)17(6-3-7-18)9-14(19)12-8-11(15)4-5-13(12)16/h4-5,8,10,18H,3,6-7,9H2,1-2H3. The minimum absolute atomic E-state index is 0.0119. The van der Waals surface area contributed by atoms with Gasteiger partial charge in [-0.3, -0.25) is 9.69 Å². The molecule has 19 heavy (non-hydrogen) atoms. The third-order valence-corrected chi connectivity index (χ3v) is 2.91. The van der Waals surface area contributed by atoms with Crippen molar-refractivity contribution in [2.75, 3.05) is 19.7 Å².